The van der Waals surface area contributed by atoms with E-state index in [1.54, 1.807) is 11.3 Å². The molecule has 0 spiro atoms. The van der Waals surface area contributed by atoms with Crippen LogP contribution in [0, 0.1) is 0 Å². The van der Waals surface area contributed by atoms with Crippen LogP contribution in [0.2, 0.25) is 5.15 Å². The number of nitrogens with one attached hydrogen (secondary N) is 1. The number of nitrogens with two attached hydrogens (primary N) is 1. The molecule has 0 aliphatic heterocycles. The quantitative estimate of drug-likeness (QED) is 0.465. The van der Waals surface area contributed by atoms with Gasteiger partial charge in [0.15, 0.2) is 0 Å². The molecule has 128 valence electrons. The zero-order valence-electron chi connectivity index (χ0n) is 13.6. The second kappa shape index (κ2) is 8.00. The summed E-state index contributed by atoms with van der Waals surface area (Å²) in [5, 5.41) is 3.95. The molecule has 1 aliphatic rings. The van der Waals surface area contributed by atoms with Gasteiger partial charge in [-0.05, 0) is 35.2 Å². The topological polar surface area (TPSA) is 50.9 Å². The number of halogens is 2. The van der Waals surface area contributed by atoms with E-state index < -0.39 is 0 Å². The van der Waals surface area contributed by atoms with Gasteiger partial charge in [-0.15, -0.1) is 11.3 Å². The Bertz CT molecular complexity index is 784. The first kappa shape index (κ1) is 17.9. The van der Waals surface area contributed by atoms with E-state index in [0.29, 0.717) is 11.1 Å². The average molecular weight is 427 g/mol. The third kappa shape index (κ3) is 3.69. The maximum absolute atomic E-state index is 6.35. The molecule has 0 aromatic carbocycles. The van der Waals surface area contributed by atoms with Crippen molar-refractivity contribution in [2.24, 2.45) is 5.73 Å². The predicted molar refractivity (Wildman–Crippen MR) is 109 cm³/mol. The number of aromatic nitrogens is 1. The first-order chi connectivity index (χ1) is 11.6. The monoisotopic (exact) mass is 425 g/mol. The predicted octanol–water partition coefficient (Wildman–Crippen LogP) is 5.85. The van der Waals surface area contributed by atoms with Crippen molar-refractivity contribution in [2.75, 3.05) is 11.9 Å². The molecule has 2 aromatic rings. The zero-order chi connectivity index (χ0) is 17.1. The molecule has 1 aliphatic carbocycles. The lowest BCUT2D eigenvalue weighted by molar-refractivity contribution is 0.527. The molecule has 0 saturated heterocycles. The Morgan fingerprint density at radius 1 is 1.42 bits per heavy atom. The standard InChI is InChI=1S/C18H21BrClN3S/c1-2-3-6-9-22-13-10-14(20)23-16-15(19)17(24-18(13)16)11-7-4-5-8-12(11)21/h3-6,10-12H,2,7-9,21H2,1H3,(H,22,23)/b6-3+/t11-,12-/m0/s1. The maximum atomic E-state index is 6.35. The first-order valence-electron chi connectivity index (χ1n) is 8.19. The van der Waals surface area contributed by atoms with Crippen LogP contribution in [0.4, 0.5) is 5.69 Å². The number of hydrogen-bond donors (Lipinski definition) is 2. The molecule has 0 fully saturated rings. The van der Waals surface area contributed by atoms with Gasteiger partial charge in [0.2, 0.25) is 0 Å². The number of nitrogens with zero attached hydrogens (tertiary/aromatic N) is 1. The summed E-state index contributed by atoms with van der Waals surface area (Å²) in [5.41, 5.74) is 8.30. The molecule has 0 saturated carbocycles. The molecule has 24 heavy (non-hydrogen) atoms. The summed E-state index contributed by atoms with van der Waals surface area (Å²) in [6.07, 6.45) is 11.6. The molecule has 0 unspecified atom stereocenters. The number of hydrogen-bond acceptors (Lipinski definition) is 4. The van der Waals surface area contributed by atoms with E-state index in [9.17, 15) is 0 Å². The number of anilines is 1. The van der Waals surface area contributed by atoms with Gasteiger partial charge in [0, 0.05) is 29.4 Å². The van der Waals surface area contributed by atoms with Gasteiger partial charge in [-0.25, -0.2) is 4.98 Å². The van der Waals surface area contributed by atoms with E-state index >= 15 is 0 Å². The second-order valence-electron chi connectivity index (χ2n) is 5.92. The molecule has 3 rings (SSSR count). The van der Waals surface area contributed by atoms with Crippen LogP contribution < -0.4 is 11.1 Å². The SMILES string of the molecule is CC/C=C/CNc1cc(Cl)nc2c(Br)c([C@H]3CC=CC[C@@H]3N)sc12. The Morgan fingerprint density at radius 2 is 2.21 bits per heavy atom. The Labute approximate surface area is 160 Å². The highest BCUT2D eigenvalue weighted by molar-refractivity contribution is 9.10. The summed E-state index contributed by atoms with van der Waals surface area (Å²) in [6.45, 7) is 2.91. The van der Waals surface area contributed by atoms with Crippen LogP contribution in [0.15, 0.2) is 34.8 Å². The molecule has 0 radical (unpaired) electrons. The van der Waals surface area contributed by atoms with Crippen LogP contribution in [-0.4, -0.2) is 17.6 Å². The van der Waals surface area contributed by atoms with Crippen LogP contribution in [-0.2, 0) is 0 Å². The summed E-state index contributed by atoms with van der Waals surface area (Å²) in [5.74, 6) is 0.329. The Balaban J connectivity index is 2.00. The molecular formula is C18H21BrClN3S. The summed E-state index contributed by atoms with van der Waals surface area (Å²) >= 11 is 11.7. The summed E-state index contributed by atoms with van der Waals surface area (Å²) in [6, 6.07) is 2.05. The van der Waals surface area contributed by atoms with Crippen molar-refractivity contribution in [1.29, 1.82) is 0 Å². The van der Waals surface area contributed by atoms with Gasteiger partial charge >= 0.3 is 0 Å². The molecule has 0 amide bonds. The van der Waals surface area contributed by atoms with Gasteiger partial charge in [0.25, 0.3) is 0 Å². The van der Waals surface area contributed by atoms with E-state index in [4.69, 9.17) is 17.3 Å². The van der Waals surface area contributed by atoms with Crippen molar-refractivity contribution in [1.82, 2.24) is 4.98 Å². The minimum absolute atomic E-state index is 0.152. The van der Waals surface area contributed by atoms with Crippen molar-refractivity contribution in [3.63, 3.8) is 0 Å². The van der Waals surface area contributed by atoms with Crippen LogP contribution >= 0.6 is 38.9 Å². The normalized spacial score (nSPS) is 21.0. The van der Waals surface area contributed by atoms with E-state index in [-0.39, 0.29) is 6.04 Å². The summed E-state index contributed by atoms with van der Waals surface area (Å²) in [7, 11) is 0. The molecule has 0 bridgehead atoms. The van der Waals surface area contributed by atoms with Gasteiger partial charge < -0.3 is 11.1 Å². The maximum Gasteiger partial charge on any atom is 0.131 e. The molecule has 3 nitrogen and oxygen atoms in total. The van der Waals surface area contributed by atoms with Crippen LogP contribution in [0.5, 0.6) is 0 Å². The highest BCUT2D eigenvalue weighted by atomic mass is 79.9. The van der Waals surface area contributed by atoms with E-state index in [1.165, 1.54) is 4.88 Å². The van der Waals surface area contributed by atoms with E-state index in [1.807, 2.05) is 6.07 Å². The van der Waals surface area contributed by atoms with Crippen molar-refractivity contribution in [3.05, 3.63) is 44.9 Å². The Hall–Kier alpha value is -0.880. The molecule has 6 heteroatoms. The number of pyridine rings is 1. The van der Waals surface area contributed by atoms with Crippen molar-refractivity contribution >= 4 is 54.8 Å². The van der Waals surface area contributed by atoms with Gasteiger partial charge in [-0.1, -0.05) is 42.8 Å². The minimum atomic E-state index is 0.152. The molecular weight excluding hydrogens is 406 g/mol. The van der Waals surface area contributed by atoms with Crippen molar-refractivity contribution in [3.8, 4) is 0 Å². The fourth-order valence-electron chi connectivity index (χ4n) is 2.95. The first-order valence-corrected chi connectivity index (χ1v) is 10.2. The molecule has 2 aromatic heterocycles. The fraction of sp³-hybridized carbons (Fsp3) is 0.389. The molecule has 3 N–H and O–H groups in total. The molecule has 2 atom stereocenters. The Kier molecular flexibility index (Phi) is 5.98. The van der Waals surface area contributed by atoms with Crippen LogP contribution in [0.3, 0.4) is 0 Å². The minimum Gasteiger partial charge on any atom is -0.380 e. The summed E-state index contributed by atoms with van der Waals surface area (Å²) < 4.78 is 2.17. The van der Waals surface area contributed by atoms with E-state index in [2.05, 4.69) is 57.5 Å². The molecule has 2 heterocycles. The third-order valence-electron chi connectivity index (χ3n) is 4.21. The summed E-state index contributed by atoms with van der Waals surface area (Å²) in [4.78, 5) is 5.80. The number of thiophene rings is 1. The Morgan fingerprint density at radius 3 is 2.96 bits per heavy atom. The van der Waals surface area contributed by atoms with Crippen LogP contribution in [0.25, 0.3) is 10.2 Å². The highest BCUT2D eigenvalue weighted by Crippen LogP contribution is 2.45. The smallest absolute Gasteiger partial charge is 0.131 e. The lowest BCUT2D eigenvalue weighted by Gasteiger charge is -2.24. The van der Waals surface area contributed by atoms with Crippen LogP contribution in [0.1, 0.15) is 37.0 Å². The van der Waals surface area contributed by atoms with Crippen molar-refractivity contribution < 1.29 is 0 Å². The second-order valence-corrected chi connectivity index (χ2v) is 8.16. The number of rotatable bonds is 5. The third-order valence-corrected chi connectivity index (χ3v) is 6.81. The lowest BCUT2D eigenvalue weighted by atomic mass is 9.88. The van der Waals surface area contributed by atoms with E-state index in [0.717, 1.165) is 46.2 Å². The van der Waals surface area contributed by atoms with Gasteiger partial charge in [0.1, 0.15) is 5.15 Å². The number of fused-ring (bicyclic) bond motifs is 1. The lowest BCUT2D eigenvalue weighted by Crippen LogP contribution is -2.29. The van der Waals surface area contributed by atoms with Crippen molar-refractivity contribution in [2.45, 2.75) is 38.1 Å². The zero-order valence-corrected chi connectivity index (χ0v) is 16.7. The highest BCUT2D eigenvalue weighted by Gasteiger charge is 2.27. The number of allylic oxidation sites excluding steroid dienone is 2. The fourth-order valence-corrected chi connectivity index (χ4v) is 5.41. The average Bonchev–Trinajstić information content (AvgIpc) is 2.89. The van der Waals surface area contributed by atoms with Gasteiger partial charge in [0.05, 0.1) is 20.4 Å². The van der Waals surface area contributed by atoms with Gasteiger partial charge in [-0.2, -0.15) is 0 Å². The van der Waals surface area contributed by atoms with Gasteiger partial charge in [-0.3, -0.25) is 0 Å². The largest absolute Gasteiger partial charge is 0.380 e.